The number of carboxylic acid groups (broad SMARTS) is 1. The number of nitrogens with zero attached hydrogens (tertiary/aromatic N) is 2. The highest BCUT2D eigenvalue weighted by Gasteiger charge is 2.70. The zero-order valence-corrected chi connectivity index (χ0v) is 20.3. The first-order valence-electron chi connectivity index (χ1n) is 11.2. The molecule has 1 aromatic heterocycles. The predicted octanol–water partition coefficient (Wildman–Crippen LogP) is 3.48. The molecule has 1 aromatic carbocycles. The number of sulfone groups is 1. The lowest BCUT2D eigenvalue weighted by atomic mass is 10.0. The summed E-state index contributed by atoms with van der Waals surface area (Å²) >= 11 is 0. The van der Waals surface area contributed by atoms with Crippen molar-refractivity contribution in [3.05, 3.63) is 53.0 Å². The van der Waals surface area contributed by atoms with Crippen molar-refractivity contribution >= 4 is 21.7 Å². The van der Waals surface area contributed by atoms with Crippen molar-refractivity contribution in [2.24, 2.45) is 5.41 Å². The fraction of sp³-hybridized carbons (Fsp3) is 0.435. The van der Waals surface area contributed by atoms with Crippen LogP contribution in [-0.4, -0.2) is 54.3 Å². The molecule has 1 aliphatic heterocycles. The third-order valence-electron chi connectivity index (χ3n) is 6.98. The van der Waals surface area contributed by atoms with Crippen LogP contribution in [0.15, 0.2) is 41.4 Å². The Morgan fingerprint density at radius 3 is 2.18 bits per heavy atom. The van der Waals surface area contributed by atoms with Crippen LogP contribution in [0, 0.1) is 17.5 Å². The second kappa shape index (κ2) is 8.85. The minimum absolute atomic E-state index is 0.0625. The molecule has 0 radical (unpaired) electrons. The number of carbonyl (C=O) groups is 2. The number of hydrogen-bond donors (Lipinski definition) is 1. The van der Waals surface area contributed by atoms with Gasteiger partial charge in [-0.05, 0) is 42.5 Å². The Morgan fingerprint density at radius 1 is 1.08 bits per heavy atom. The number of carbonyl (C=O) groups excluding carboxylic acids is 1. The Labute approximate surface area is 212 Å². The Bertz CT molecular complexity index is 1420. The SMILES string of the molecule is Cc1cc(-c2ccc(S(=O)(=O)[C@@H]3C[C@@H](C(=O)O)N(C(=O)C4(C(F)(F)F)CC4)C3)c(C(F)(F)F)c2)cc[n+]1[O-]. The molecule has 1 N–H and O–H groups in total. The molecular formula is C23H20F6N2O6S. The summed E-state index contributed by atoms with van der Waals surface area (Å²) in [7, 11) is -4.97. The lowest BCUT2D eigenvalue weighted by molar-refractivity contribution is -0.612. The molecule has 2 aromatic rings. The van der Waals surface area contributed by atoms with Gasteiger partial charge < -0.3 is 15.2 Å². The molecule has 0 spiro atoms. The highest BCUT2D eigenvalue weighted by Crippen LogP contribution is 2.59. The van der Waals surface area contributed by atoms with E-state index < -0.39 is 87.0 Å². The van der Waals surface area contributed by atoms with Gasteiger partial charge in [-0.3, -0.25) is 4.79 Å². The van der Waals surface area contributed by atoms with E-state index in [0.29, 0.717) is 21.8 Å². The van der Waals surface area contributed by atoms with Gasteiger partial charge in [-0.15, -0.1) is 0 Å². The summed E-state index contributed by atoms with van der Waals surface area (Å²) < 4.78 is 110. The lowest BCUT2D eigenvalue weighted by Crippen LogP contribution is -2.48. The van der Waals surface area contributed by atoms with Crippen molar-refractivity contribution in [2.45, 2.75) is 54.7 Å². The number of aromatic nitrogens is 1. The van der Waals surface area contributed by atoms with Crippen LogP contribution in [0.1, 0.15) is 30.5 Å². The molecule has 15 heteroatoms. The molecule has 206 valence electrons. The number of benzene rings is 1. The maximum atomic E-state index is 14.0. The number of alkyl halides is 6. The van der Waals surface area contributed by atoms with Gasteiger partial charge in [-0.2, -0.15) is 31.1 Å². The van der Waals surface area contributed by atoms with Crippen molar-refractivity contribution in [3.8, 4) is 11.1 Å². The summed E-state index contributed by atoms with van der Waals surface area (Å²) in [6, 6.07) is 2.88. The summed E-state index contributed by atoms with van der Waals surface area (Å²) in [5.74, 6) is -3.37. The highest BCUT2D eigenvalue weighted by atomic mass is 32.2. The number of carboxylic acids is 1. The van der Waals surface area contributed by atoms with E-state index in [-0.39, 0.29) is 16.8 Å². The molecule has 0 bridgehead atoms. The van der Waals surface area contributed by atoms with Crippen molar-refractivity contribution in [2.75, 3.05) is 6.54 Å². The Balaban J connectivity index is 1.74. The summed E-state index contributed by atoms with van der Waals surface area (Å²) in [5, 5.41) is 19.2. The summed E-state index contributed by atoms with van der Waals surface area (Å²) in [6.45, 7) is 0.410. The van der Waals surface area contributed by atoms with E-state index in [2.05, 4.69) is 0 Å². The van der Waals surface area contributed by atoms with Gasteiger partial charge in [0, 0.05) is 25.6 Å². The molecule has 2 fully saturated rings. The number of aliphatic carboxylic acids is 1. The highest BCUT2D eigenvalue weighted by molar-refractivity contribution is 7.92. The topological polar surface area (TPSA) is 119 Å². The van der Waals surface area contributed by atoms with Crippen LogP contribution in [-0.2, 0) is 25.6 Å². The van der Waals surface area contributed by atoms with E-state index in [1.54, 1.807) is 0 Å². The second-order valence-corrected chi connectivity index (χ2v) is 11.6. The fourth-order valence-electron chi connectivity index (χ4n) is 4.64. The second-order valence-electron chi connectivity index (χ2n) is 9.39. The number of rotatable bonds is 5. The molecule has 2 aliphatic rings. The van der Waals surface area contributed by atoms with Crippen molar-refractivity contribution in [1.82, 2.24) is 4.90 Å². The van der Waals surface area contributed by atoms with Gasteiger partial charge in [0.05, 0.1) is 15.7 Å². The summed E-state index contributed by atoms with van der Waals surface area (Å²) in [5.41, 5.74) is -4.11. The lowest BCUT2D eigenvalue weighted by Gasteiger charge is -2.28. The molecule has 4 rings (SSSR count). The molecule has 2 atom stereocenters. The van der Waals surface area contributed by atoms with Gasteiger partial charge in [0.2, 0.25) is 5.91 Å². The summed E-state index contributed by atoms with van der Waals surface area (Å²) in [4.78, 5) is 23.6. The zero-order chi connectivity index (χ0) is 28.4. The third-order valence-corrected chi connectivity index (χ3v) is 9.16. The first-order valence-corrected chi connectivity index (χ1v) is 12.7. The number of amides is 1. The molecule has 1 saturated carbocycles. The minimum Gasteiger partial charge on any atom is -0.619 e. The largest absolute Gasteiger partial charge is 0.619 e. The van der Waals surface area contributed by atoms with Crippen molar-refractivity contribution in [3.63, 3.8) is 0 Å². The molecular weight excluding hydrogens is 546 g/mol. The standard InChI is InChI=1S/C23H20F6N2O6S/c1-12-8-14(4-7-31(12)35)13-2-3-18(16(9-13)22(24,25)26)38(36,37)15-10-17(19(32)33)30(11-15)20(34)21(5-6-21)23(27,28)29/h2-4,7-9,15,17H,5-6,10-11H2,1H3,(H,32,33)/t15-,17+/m1/s1. The average Bonchev–Trinajstić information content (AvgIpc) is 3.51. The smallest absolute Gasteiger partial charge is 0.417 e. The quantitative estimate of drug-likeness (QED) is 0.336. The van der Waals surface area contributed by atoms with Gasteiger partial charge in [-0.25, -0.2) is 13.2 Å². The van der Waals surface area contributed by atoms with Crippen LogP contribution in [0.25, 0.3) is 11.1 Å². The van der Waals surface area contributed by atoms with Crippen LogP contribution in [0.4, 0.5) is 26.3 Å². The first-order chi connectivity index (χ1) is 17.4. The molecule has 1 aliphatic carbocycles. The van der Waals surface area contributed by atoms with Crippen LogP contribution in [0.3, 0.4) is 0 Å². The van der Waals surface area contributed by atoms with Crippen LogP contribution in [0.5, 0.6) is 0 Å². The number of aryl methyl sites for hydroxylation is 1. The van der Waals surface area contributed by atoms with E-state index in [1.165, 1.54) is 19.1 Å². The van der Waals surface area contributed by atoms with E-state index in [4.69, 9.17) is 0 Å². The number of likely N-dealkylation sites (tertiary alicyclic amines) is 1. The van der Waals surface area contributed by atoms with E-state index in [0.717, 1.165) is 12.3 Å². The van der Waals surface area contributed by atoms with E-state index in [1.807, 2.05) is 0 Å². The predicted molar refractivity (Wildman–Crippen MR) is 117 cm³/mol. The van der Waals surface area contributed by atoms with Gasteiger partial charge in [0.15, 0.2) is 21.7 Å². The fourth-order valence-corrected chi connectivity index (χ4v) is 6.53. The normalized spacial score (nSPS) is 21.4. The number of pyridine rings is 1. The zero-order valence-electron chi connectivity index (χ0n) is 19.5. The van der Waals surface area contributed by atoms with Crippen LogP contribution >= 0.6 is 0 Å². The van der Waals surface area contributed by atoms with Crippen LogP contribution in [0.2, 0.25) is 0 Å². The summed E-state index contributed by atoms with van der Waals surface area (Å²) in [6.07, 6.45) is -11.2. The maximum absolute atomic E-state index is 14.0. The van der Waals surface area contributed by atoms with Gasteiger partial charge in [0.1, 0.15) is 11.5 Å². The van der Waals surface area contributed by atoms with Gasteiger partial charge in [0.25, 0.3) is 0 Å². The van der Waals surface area contributed by atoms with E-state index in [9.17, 15) is 54.7 Å². The molecule has 8 nitrogen and oxygen atoms in total. The molecule has 1 saturated heterocycles. The van der Waals surface area contributed by atoms with Gasteiger partial charge >= 0.3 is 18.3 Å². The average molecular weight is 566 g/mol. The molecule has 2 heterocycles. The maximum Gasteiger partial charge on any atom is 0.417 e. The van der Waals surface area contributed by atoms with Gasteiger partial charge in [-0.1, -0.05) is 6.07 Å². The van der Waals surface area contributed by atoms with E-state index >= 15 is 0 Å². The Hall–Kier alpha value is -3.36. The molecule has 38 heavy (non-hydrogen) atoms. The monoisotopic (exact) mass is 566 g/mol. The number of halogens is 6. The number of hydrogen-bond acceptors (Lipinski definition) is 5. The molecule has 1 amide bonds. The minimum atomic E-state index is -5.19. The van der Waals surface area contributed by atoms with Crippen LogP contribution < -0.4 is 4.73 Å². The molecule has 0 unspecified atom stereocenters. The third kappa shape index (κ3) is 4.56. The first kappa shape index (κ1) is 27.7. The Kier molecular flexibility index (Phi) is 6.44. The Morgan fingerprint density at radius 2 is 1.68 bits per heavy atom. The van der Waals surface area contributed by atoms with Crippen molar-refractivity contribution in [1.29, 1.82) is 0 Å². The van der Waals surface area contributed by atoms with Crippen molar-refractivity contribution < 1.29 is 54.2 Å².